The molecule has 43 heavy (non-hydrogen) atoms. The lowest BCUT2D eigenvalue weighted by Crippen LogP contribution is -2.58. The molecule has 0 aliphatic carbocycles. The number of amides is 3. The molecule has 8 nitrogen and oxygen atoms in total. The summed E-state index contributed by atoms with van der Waals surface area (Å²) >= 11 is 0. The number of carbonyl (C=O) groups is 3. The first kappa shape index (κ1) is 30.7. The number of para-hydroxylation sites is 1. The molecule has 6 atom stereocenters. The summed E-state index contributed by atoms with van der Waals surface area (Å²) < 4.78 is 6.70. The van der Waals surface area contributed by atoms with Crippen LogP contribution in [-0.4, -0.2) is 76.1 Å². The van der Waals surface area contributed by atoms with Crippen LogP contribution in [0.25, 0.3) is 0 Å². The lowest BCUT2D eigenvalue weighted by atomic mass is 9.70. The third-order valence-electron chi connectivity index (χ3n) is 9.13. The van der Waals surface area contributed by atoms with Gasteiger partial charge in [-0.25, -0.2) is 0 Å². The number of rotatable bonds is 13. The molecule has 228 valence electrons. The summed E-state index contributed by atoms with van der Waals surface area (Å²) in [5, 5.41) is 10.6. The second-order valence-corrected chi connectivity index (χ2v) is 12.3. The number of fused-ring (bicyclic) bond motifs is 1. The molecule has 0 aromatic heterocycles. The van der Waals surface area contributed by atoms with Gasteiger partial charge in [-0.15, -0.1) is 13.2 Å². The van der Waals surface area contributed by atoms with Gasteiger partial charge in [-0.3, -0.25) is 14.4 Å². The molecule has 0 radical (unpaired) electrons. The third-order valence-corrected chi connectivity index (χ3v) is 9.13. The van der Waals surface area contributed by atoms with E-state index in [-0.39, 0.29) is 43.3 Å². The van der Waals surface area contributed by atoms with Gasteiger partial charge in [0.15, 0.2) is 0 Å². The summed E-state index contributed by atoms with van der Waals surface area (Å²) in [7, 11) is 0. The van der Waals surface area contributed by atoms with Crippen LogP contribution in [0.2, 0.25) is 0 Å². The first-order valence-electron chi connectivity index (χ1n) is 15.3. The van der Waals surface area contributed by atoms with Gasteiger partial charge < -0.3 is 24.5 Å². The molecule has 8 heteroatoms. The summed E-state index contributed by atoms with van der Waals surface area (Å²) in [5.41, 5.74) is 0.513. The Kier molecular flexibility index (Phi) is 9.18. The minimum atomic E-state index is -1.16. The Morgan fingerprint density at radius 3 is 2.30 bits per heavy atom. The molecule has 1 spiro atoms. The largest absolute Gasteiger partial charge is 0.394 e. The Bertz CT molecular complexity index is 1330. The Hall–Kier alpha value is -3.75. The number of carbonyl (C=O) groups excluding carboxylic acids is 3. The van der Waals surface area contributed by atoms with E-state index >= 15 is 0 Å². The van der Waals surface area contributed by atoms with Crippen LogP contribution in [0.3, 0.4) is 0 Å². The summed E-state index contributed by atoms with van der Waals surface area (Å²) in [6.07, 6.45) is 4.46. The van der Waals surface area contributed by atoms with E-state index in [1.807, 2.05) is 74.5 Å². The Labute approximate surface area is 254 Å². The molecule has 2 bridgehead atoms. The van der Waals surface area contributed by atoms with Crippen molar-refractivity contribution >= 4 is 23.4 Å². The van der Waals surface area contributed by atoms with Crippen molar-refractivity contribution in [2.75, 3.05) is 24.6 Å². The average Bonchev–Trinajstić information content (AvgIpc) is 3.66. The smallest absolute Gasteiger partial charge is 0.249 e. The summed E-state index contributed by atoms with van der Waals surface area (Å²) in [6, 6.07) is 17.5. The zero-order valence-corrected chi connectivity index (χ0v) is 25.2. The summed E-state index contributed by atoms with van der Waals surface area (Å²) in [6.45, 7) is 12.4. The molecule has 1 N–H and O–H groups in total. The van der Waals surface area contributed by atoms with E-state index in [0.717, 1.165) is 5.56 Å². The zero-order chi connectivity index (χ0) is 30.7. The molecule has 2 aromatic rings. The first-order valence-corrected chi connectivity index (χ1v) is 15.3. The Morgan fingerprint density at radius 2 is 1.70 bits per heavy atom. The molecule has 3 heterocycles. The number of hydrogen-bond donors (Lipinski definition) is 1. The third kappa shape index (κ3) is 5.54. The fraction of sp³-hybridized carbons (Fsp3) is 0.457. The number of hydrogen-bond acceptors (Lipinski definition) is 5. The van der Waals surface area contributed by atoms with Crippen molar-refractivity contribution < 1.29 is 24.2 Å². The van der Waals surface area contributed by atoms with Gasteiger partial charge in [0.2, 0.25) is 17.7 Å². The monoisotopic (exact) mass is 585 g/mol. The molecule has 3 amide bonds. The van der Waals surface area contributed by atoms with Crippen molar-refractivity contribution in [3.63, 3.8) is 0 Å². The van der Waals surface area contributed by atoms with Gasteiger partial charge in [-0.2, -0.15) is 0 Å². The number of ether oxygens (including phenoxy) is 1. The highest BCUT2D eigenvalue weighted by Crippen LogP contribution is 2.59. The second kappa shape index (κ2) is 12.9. The van der Waals surface area contributed by atoms with Gasteiger partial charge in [0, 0.05) is 25.3 Å². The van der Waals surface area contributed by atoms with E-state index in [1.165, 1.54) is 0 Å². The fourth-order valence-electron chi connectivity index (χ4n) is 7.47. The van der Waals surface area contributed by atoms with Gasteiger partial charge in [-0.1, -0.05) is 74.5 Å². The fourth-order valence-corrected chi connectivity index (χ4v) is 7.47. The van der Waals surface area contributed by atoms with E-state index < -0.39 is 35.6 Å². The van der Waals surface area contributed by atoms with Crippen LogP contribution in [0.1, 0.15) is 38.7 Å². The topological polar surface area (TPSA) is 90.4 Å². The van der Waals surface area contributed by atoms with Crippen LogP contribution < -0.4 is 4.90 Å². The van der Waals surface area contributed by atoms with Crippen LogP contribution in [0, 0.1) is 17.8 Å². The number of nitrogens with zero attached hydrogens (tertiary/aromatic N) is 3. The van der Waals surface area contributed by atoms with Crippen LogP contribution in [-0.2, 0) is 25.7 Å². The molecular weight excluding hydrogens is 542 g/mol. The van der Waals surface area contributed by atoms with E-state index in [2.05, 4.69) is 13.2 Å². The van der Waals surface area contributed by atoms with E-state index in [0.29, 0.717) is 31.5 Å². The normalized spacial score (nSPS) is 26.3. The predicted octanol–water partition coefficient (Wildman–Crippen LogP) is 4.20. The van der Waals surface area contributed by atoms with E-state index in [1.54, 1.807) is 26.9 Å². The molecule has 0 saturated carbocycles. The average molecular weight is 586 g/mol. The Morgan fingerprint density at radius 1 is 1.05 bits per heavy atom. The minimum absolute atomic E-state index is 0.170. The van der Waals surface area contributed by atoms with Gasteiger partial charge >= 0.3 is 0 Å². The van der Waals surface area contributed by atoms with Crippen LogP contribution >= 0.6 is 0 Å². The van der Waals surface area contributed by atoms with Gasteiger partial charge in [0.05, 0.1) is 30.6 Å². The van der Waals surface area contributed by atoms with Gasteiger partial charge in [0.1, 0.15) is 11.6 Å². The van der Waals surface area contributed by atoms with Crippen molar-refractivity contribution in [3.8, 4) is 0 Å². The standard InChI is InChI=1S/C35H43N3O5/c1-5-19-36(22-25-13-9-7-10-14-25)34(42)31-35-18-17-28(43-35)29(30(35)33(41)38(31)27(23-39)21-24(3)4)32(40)37(20-6-2)26-15-11-8-12-16-26/h5-16,24,27-31,39H,1-2,17-23H2,3-4H3/t27-,28+,29-,30+,31?,35?/m1/s1. The number of likely N-dealkylation sites (tertiary alicyclic amines) is 1. The molecule has 2 unspecified atom stereocenters. The van der Waals surface area contributed by atoms with Crippen molar-refractivity contribution in [2.24, 2.45) is 17.8 Å². The van der Waals surface area contributed by atoms with Crippen LogP contribution in [0.5, 0.6) is 0 Å². The van der Waals surface area contributed by atoms with E-state index in [4.69, 9.17) is 4.74 Å². The van der Waals surface area contributed by atoms with Crippen molar-refractivity contribution in [2.45, 2.75) is 63.4 Å². The molecule has 3 fully saturated rings. The van der Waals surface area contributed by atoms with Gasteiger partial charge in [-0.05, 0) is 42.9 Å². The first-order chi connectivity index (χ1) is 20.8. The second-order valence-electron chi connectivity index (χ2n) is 12.3. The van der Waals surface area contributed by atoms with Gasteiger partial charge in [0.25, 0.3) is 0 Å². The zero-order valence-electron chi connectivity index (χ0n) is 25.2. The number of benzene rings is 2. The highest BCUT2D eigenvalue weighted by molar-refractivity contribution is 6.03. The maximum absolute atomic E-state index is 14.7. The molecular formula is C35H43N3O5. The quantitative estimate of drug-likeness (QED) is 0.356. The lowest BCUT2D eigenvalue weighted by molar-refractivity contribution is -0.151. The number of aliphatic hydroxyl groups excluding tert-OH is 1. The maximum atomic E-state index is 14.7. The SMILES string of the molecule is C=CCN(Cc1ccccc1)C(=O)C1N([C@@H](CO)CC(C)C)C(=O)[C@@H]2[C@H](C(=O)N(CC=C)c3ccccc3)[C@@H]3CCC12O3. The lowest BCUT2D eigenvalue weighted by Gasteiger charge is -2.39. The molecule has 2 aromatic carbocycles. The van der Waals surface area contributed by atoms with E-state index in [9.17, 15) is 19.5 Å². The highest BCUT2D eigenvalue weighted by atomic mass is 16.5. The van der Waals surface area contributed by atoms with Crippen molar-refractivity contribution in [1.82, 2.24) is 9.80 Å². The minimum Gasteiger partial charge on any atom is -0.394 e. The van der Waals surface area contributed by atoms with Crippen LogP contribution in [0.4, 0.5) is 5.69 Å². The maximum Gasteiger partial charge on any atom is 0.249 e. The summed E-state index contributed by atoms with van der Waals surface area (Å²) in [4.78, 5) is 48.6. The number of anilines is 1. The Balaban J connectivity index is 1.57. The molecule has 3 aliphatic heterocycles. The number of aliphatic hydroxyl groups is 1. The van der Waals surface area contributed by atoms with Crippen molar-refractivity contribution in [1.29, 1.82) is 0 Å². The summed E-state index contributed by atoms with van der Waals surface area (Å²) in [5.74, 6) is -2.15. The predicted molar refractivity (Wildman–Crippen MR) is 166 cm³/mol. The van der Waals surface area contributed by atoms with Crippen LogP contribution in [0.15, 0.2) is 86.0 Å². The molecule has 5 rings (SSSR count). The molecule has 3 saturated heterocycles. The van der Waals surface area contributed by atoms with Crippen molar-refractivity contribution in [3.05, 3.63) is 91.5 Å². The highest BCUT2D eigenvalue weighted by Gasteiger charge is 2.75. The molecule has 3 aliphatic rings.